The fourth-order valence-corrected chi connectivity index (χ4v) is 6.18. The molecule has 166 valence electrons. The smallest absolute Gasteiger partial charge is 0.192 e. The molecule has 2 atom stereocenters. The molecule has 2 rings (SSSR count). The fraction of sp³-hybridized carbons (Fsp3) is 0.727. The first-order valence-electron chi connectivity index (χ1n) is 10.3. The van der Waals surface area contributed by atoms with Crippen molar-refractivity contribution in [1.82, 2.24) is 4.72 Å². The van der Waals surface area contributed by atoms with Crippen LogP contribution in [-0.4, -0.2) is 22.9 Å². The Bertz CT molecular complexity index is 784. The number of hydrogen-bond donors (Lipinski definition) is 1. The van der Waals surface area contributed by atoms with Crippen molar-refractivity contribution in [3.8, 4) is 0 Å². The van der Waals surface area contributed by atoms with Gasteiger partial charge >= 0.3 is 0 Å². The summed E-state index contributed by atoms with van der Waals surface area (Å²) < 4.78 is 38.4. The molecule has 29 heavy (non-hydrogen) atoms. The molecule has 0 spiro atoms. The van der Waals surface area contributed by atoms with Crippen LogP contribution in [0.15, 0.2) is 22.7 Å². The quantitative estimate of drug-likeness (QED) is 0.413. The standard InChI is InChI=1S/C22H37BrFNO2SSi/c1-19(2,3)28(26)25-21(7,17-14-16(23)10-11-18(17)24)15-22(12-13-22)27-29(8,9)20(4,5)6/h10-11,14,25H,12-13,15H2,1-9H3/t21-,28?/m0/s1. The van der Waals surface area contributed by atoms with Crippen LogP contribution >= 0.6 is 15.9 Å². The van der Waals surface area contributed by atoms with Crippen molar-refractivity contribution in [2.45, 2.75) is 102 Å². The SMILES string of the molecule is CC(C)(C)S(=O)N[C@@](C)(CC1(O[Si](C)(C)C(C)(C)C)CC1)c1cc(Br)ccc1F. The molecule has 0 heterocycles. The predicted octanol–water partition coefficient (Wildman–Crippen LogP) is 6.80. The van der Waals surface area contributed by atoms with Crippen LogP contribution in [-0.2, 0) is 21.0 Å². The topological polar surface area (TPSA) is 38.3 Å². The molecule has 0 aromatic heterocycles. The summed E-state index contributed by atoms with van der Waals surface area (Å²) in [5, 5.41) is 0.0989. The Balaban J connectivity index is 2.44. The summed E-state index contributed by atoms with van der Waals surface area (Å²) >= 11 is 3.47. The van der Waals surface area contributed by atoms with Gasteiger partial charge in [-0.15, -0.1) is 0 Å². The van der Waals surface area contributed by atoms with Gasteiger partial charge in [0.25, 0.3) is 0 Å². The molecule has 0 saturated heterocycles. The zero-order valence-electron chi connectivity index (χ0n) is 19.3. The second kappa shape index (κ2) is 8.12. The third kappa shape index (κ3) is 6.00. The van der Waals surface area contributed by atoms with E-state index in [1.807, 2.05) is 27.7 Å². The normalized spacial score (nSPS) is 20.2. The van der Waals surface area contributed by atoms with E-state index in [1.54, 1.807) is 12.1 Å². The molecule has 1 unspecified atom stereocenters. The fourth-order valence-electron chi connectivity index (χ4n) is 3.26. The summed E-state index contributed by atoms with van der Waals surface area (Å²) in [6, 6.07) is 4.96. The molecule has 1 saturated carbocycles. The van der Waals surface area contributed by atoms with E-state index in [1.165, 1.54) is 6.07 Å². The summed E-state index contributed by atoms with van der Waals surface area (Å²) in [5.74, 6) is -0.294. The zero-order valence-corrected chi connectivity index (χ0v) is 22.7. The van der Waals surface area contributed by atoms with Crippen molar-refractivity contribution in [3.05, 3.63) is 34.1 Å². The van der Waals surface area contributed by atoms with Crippen molar-refractivity contribution in [1.29, 1.82) is 0 Å². The van der Waals surface area contributed by atoms with Crippen molar-refractivity contribution in [2.24, 2.45) is 0 Å². The van der Waals surface area contributed by atoms with E-state index in [4.69, 9.17) is 4.43 Å². The lowest BCUT2D eigenvalue weighted by Gasteiger charge is -2.43. The molecular formula is C22H37BrFNO2SSi. The Kier molecular flexibility index (Phi) is 7.05. The van der Waals surface area contributed by atoms with Gasteiger partial charge in [-0.2, -0.15) is 0 Å². The highest BCUT2D eigenvalue weighted by Crippen LogP contribution is 2.53. The maximum Gasteiger partial charge on any atom is 0.192 e. The molecule has 1 aromatic carbocycles. The van der Waals surface area contributed by atoms with Gasteiger partial charge in [-0.1, -0.05) is 36.7 Å². The monoisotopic (exact) mass is 505 g/mol. The molecule has 0 aliphatic heterocycles. The Hall–Kier alpha value is -0.0831. The summed E-state index contributed by atoms with van der Waals surface area (Å²) in [6.45, 7) is 18.9. The van der Waals surface area contributed by atoms with Crippen LogP contribution in [0.2, 0.25) is 18.1 Å². The molecule has 7 heteroatoms. The Morgan fingerprint density at radius 1 is 1.17 bits per heavy atom. The van der Waals surface area contributed by atoms with Crippen LogP contribution in [0.4, 0.5) is 4.39 Å². The first-order chi connectivity index (χ1) is 12.9. The molecule has 3 nitrogen and oxygen atoms in total. The van der Waals surface area contributed by atoms with E-state index in [-0.39, 0.29) is 16.5 Å². The van der Waals surface area contributed by atoms with Crippen LogP contribution in [0.3, 0.4) is 0 Å². The minimum Gasteiger partial charge on any atom is -0.411 e. The largest absolute Gasteiger partial charge is 0.411 e. The van der Waals surface area contributed by atoms with Gasteiger partial charge < -0.3 is 4.43 Å². The summed E-state index contributed by atoms with van der Waals surface area (Å²) in [5.41, 5.74) is -0.582. The van der Waals surface area contributed by atoms with Crippen LogP contribution in [0.25, 0.3) is 0 Å². The zero-order chi connectivity index (χ0) is 22.5. The van der Waals surface area contributed by atoms with Gasteiger partial charge in [0, 0.05) is 10.0 Å². The number of benzene rings is 1. The van der Waals surface area contributed by atoms with E-state index < -0.39 is 29.6 Å². The van der Waals surface area contributed by atoms with Gasteiger partial charge in [-0.25, -0.2) is 13.3 Å². The Morgan fingerprint density at radius 3 is 2.17 bits per heavy atom. The first kappa shape index (κ1) is 25.2. The van der Waals surface area contributed by atoms with Crippen LogP contribution < -0.4 is 4.72 Å². The van der Waals surface area contributed by atoms with Gasteiger partial charge in [0.1, 0.15) is 5.82 Å². The lowest BCUT2D eigenvalue weighted by Crippen LogP contribution is -2.51. The van der Waals surface area contributed by atoms with E-state index in [0.717, 1.165) is 17.3 Å². The Labute approximate surface area is 188 Å². The van der Waals surface area contributed by atoms with Gasteiger partial charge in [0.15, 0.2) is 8.32 Å². The molecule has 1 aromatic rings. The molecule has 0 amide bonds. The summed E-state index contributed by atoms with van der Waals surface area (Å²) in [4.78, 5) is 0. The van der Waals surface area contributed by atoms with E-state index >= 15 is 0 Å². The van der Waals surface area contributed by atoms with Crippen molar-refractivity contribution < 1.29 is 13.0 Å². The van der Waals surface area contributed by atoms with Crippen LogP contribution in [0.1, 0.15) is 73.3 Å². The second-order valence-corrected chi connectivity index (χ2v) is 18.8. The molecule has 1 aliphatic rings. The molecule has 1 fully saturated rings. The molecular weight excluding hydrogens is 469 g/mol. The molecule has 1 N–H and O–H groups in total. The highest BCUT2D eigenvalue weighted by molar-refractivity contribution is 9.10. The summed E-state index contributed by atoms with van der Waals surface area (Å²) in [7, 11) is -3.33. The lowest BCUT2D eigenvalue weighted by atomic mass is 9.86. The molecule has 0 radical (unpaired) electrons. The summed E-state index contributed by atoms with van der Waals surface area (Å²) in [6.07, 6.45) is 2.49. The highest BCUT2D eigenvalue weighted by Gasteiger charge is 2.55. The third-order valence-corrected chi connectivity index (χ3v) is 13.0. The minimum atomic E-state index is -1.99. The lowest BCUT2D eigenvalue weighted by molar-refractivity contribution is 0.115. The van der Waals surface area contributed by atoms with Crippen molar-refractivity contribution >= 4 is 35.2 Å². The van der Waals surface area contributed by atoms with E-state index in [9.17, 15) is 8.60 Å². The minimum absolute atomic E-state index is 0.0989. The maximum absolute atomic E-state index is 14.9. The van der Waals surface area contributed by atoms with Crippen molar-refractivity contribution in [2.75, 3.05) is 0 Å². The predicted molar refractivity (Wildman–Crippen MR) is 127 cm³/mol. The number of hydrogen-bond acceptors (Lipinski definition) is 2. The van der Waals surface area contributed by atoms with Gasteiger partial charge in [0.2, 0.25) is 0 Å². The highest BCUT2D eigenvalue weighted by atomic mass is 79.9. The third-order valence-electron chi connectivity index (χ3n) is 6.16. The van der Waals surface area contributed by atoms with E-state index in [0.29, 0.717) is 12.0 Å². The number of halogens is 2. The number of nitrogens with one attached hydrogen (secondary N) is 1. The Morgan fingerprint density at radius 2 is 1.72 bits per heavy atom. The first-order valence-corrected chi connectivity index (χ1v) is 15.1. The van der Waals surface area contributed by atoms with Gasteiger partial charge in [0.05, 0.1) is 26.9 Å². The molecule has 0 bridgehead atoms. The average molecular weight is 507 g/mol. The average Bonchev–Trinajstić information content (AvgIpc) is 3.25. The second-order valence-electron chi connectivity index (χ2n) is 11.2. The number of rotatable bonds is 7. The van der Waals surface area contributed by atoms with Gasteiger partial charge in [-0.3, -0.25) is 0 Å². The van der Waals surface area contributed by atoms with Crippen molar-refractivity contribution in [3.63, 3.8) is 0 Å². The van der Waals surface area contributed by atoms with Crippen LogP contribution in [0.5, 0.6) is 0 Å². The van der Waals surface area contributed by atoms with Gasteiger partial charge in [-0.05, 0) is 83.3 Å². The van der Waals surface area contributed by atoms with E-state index in [2.05, 4.69) is 54.5 Å². The molecule has 1 aliphatic carbocycles. The maximum atomic E-state index is 14.9. The van der Waals surface area contributed by atoms with Crippen LogP contribution in [0, 0.1) is 5.82 Å².